The first-order valence-corrected chi connectivity index (χ1v) is 7.36. The molecule has 20 heavy (non-hydrogen) atoms. The van der Waals surface area contributed by atoms with Crippen LogP contribution in [0.15, 0.2) is 18.2 Å². The minimum Gasteiger partial charge on any atom is -0.393 e. The van der Waals surface area contributed by atoms with Crippen LogP contribution in [0.2, 0.25) is 0 Å². The summed E-state index contributed by atoms with van der Waals surface area (Å²) < 4.78 is 0. The van der Waals surface area contributed by atoms with E-state index in [1.54, 1.807) is 0 Å². The molecule has 0 spiro atoms. The van der Waals surface area contributed by atoms with E-state index in [0.29, 0.717) is 30.4 Å². The number of carbonyl (C=O) groups excluding carboxylic acids is 1. The molecule has 0 aliphatic rings. The fourth-order valence-electron chi connectivity index (χ4n) is 2.24. The number of nitrogens with two attached hydrogens (primary N) is 1. The standard InChI is InChI=1S/C16H24N2OS/c1-11(2)10-18(6-5-15(17)20)16(19)14-8-12(3)7-13(4)9-14/h7-9,11H,5-6,10H2,1-4H3,(H2,17,20). The lowest BCUT2D eigenvalue weighted by Crippen LogP contribution is -2.36. The van der Waals surface area contributed by atoms with Crippen LogP contribution in [0.4, 0.5) is 0 Å². The summed E-state index contributed by atoms with van der Waals surface area (Å²) in [6, 6.07) is 5.94. The first kappa shape index (κ1) is 16.6. The molecule has 2 N–H and O–H groups in total. The summed E-state index contributed by atoms with van der Waals surface area (Å²) in [6.45, 7) is 9.51. The quantitative estimate of drug-likeness (QED) is 0.820. The zero-order chi connectivity index (χ0) is 15.3. The highest BCUT2D eigenvalue weighted by Gasteiger charge is 2.17. The molecule has 1 amide bonds. The molecular formula is C16H24N2OS. The Morgan fingerprint density at radius 1 is 1.25 bits per heavy atom. The SMILES string of the molecule is Cc1cc(C)cc(C(=O)N(CCC(N)=S)CC(C)C)c1. The van der Waals surface area contributed by atoms with Crippen LogP contribution in [0.3, 0.4) is 0 Å². The number of thiocarbonyl (C=S) groups is 1. The Bertz CT molecular complexity index is 477. The van der Waals surface area contributed by atoms with Gasteiger partial charge in [0.15, 0.2) is 0 Å². The molecule has 0 saturated heterocycles. The van der Waals surface area contributed by atoms with Crippen LogP contribution in [0.1, 0.15) is 41.8 Å². The third kappa shape index (κ3) is 5.29. The van der Waals surface area contributed by atoms with Gasteiger partial charge in [0, 0.05) is 25.1 Å². The zero-order valence-electron chi connectivity index (χ0n) is 12.8. The van der Waals surface area contributed by atoms with Gasteiger partial charge in [-0.25, -0.2) is 0 Å². The fourth-order valence-corrected chi connectivity index (χ4v) is 2.33. The normalized spacial score (nSPS) is 10.7. The molecule has 0 aliphatic heterocycles. The van der Waals surface area contributed by atoms with Crippen molar-refractivity contribution in [3.63, 3.8) is 0 Å². The van der Waals surface area contributed by atoms with E-state index >= 15 is 0 Å². The summed E-state index contributed by atoms with van der Waals surface area (Å²) in [5, 5.41) is 0. The van der Waals surface area contributed by atoms with Gasteiger partial charge in [-0.05, 0) is 31.9 Å². The number of benzene rings is 1. The van der Waals surface area contributed by atoms with E-state index in [-0.39, 0.29) is 5.91 Å². The second-order valence-electron chi connectivity index (χ2n) is 5.74. The molecule has 0 radical (unpaired) electrons. The maximum Gasteiger partial charge on any atom is 0.253 e. The minimum absolute atomic E-state index is 0.0572. The van der Waals surface area contributed by atoms with Gasteiger partial charge in [0.05, 0.1) is 4.99 Å². The van der Waals surface area contributed by atoms with Crippen molar-refractivity contribution in [3.8, 4) is 0 Å². The first-order chi connectivity index (χ1) is 9.29. The molecule has 0 aromatic heterocycles. The lowest BCUT2D eigenvalue weighted by atomic mass is 10.1. The van der Waals surface area contributed by atoms with Crippen LogP contribution in [-0.4, -0.2) is 28.9 Å². The molecular weight excluding hydrogens is 268 g/mol. The highest BCUT2D eigenvalue weighted by Crippen LogP contribution is 2.13. The van der Waals surface area contributed by atoms with Crippen LogP contribution in [-0.2, 0) is 0 Å². The summed E-state index contributed by atoms with van der Waals surface area (Å²) in [5.74, 6) is 0.470. The molecule has 3 nitrogen and oxygen atoms in total. The van der Waals surface area contributed by atoms with E-state index < -0.39 is 0 Å². The van der Waals surface area contributed by atoms with E-state index in [2.05, 4.69) is 19.9 Å². The Morgan fingerprint density at radius 3 is 2.25 bits per heavy atom. The van der Waals surface area contributed by atoms with Gasteiger partial charge in [-0.15, -0.1) is 0 Å². The average Bonchev–Trinajstić information content (AvgIpc) is 2.31. The summed E-state index contributed by atoms with van der Waals surface area (Å²) in [6.07, 6.45) is 0.568. The second kappa shape index (κ2) is 7.39. The highest BCUT2D eigenvalue weighted by atomic mass is 32.1. The van der Waals surface area contributed by atoms with Gasteiger partial charge in [-0.1, -0.05) is 43.3 Å². The molecule has 110 valence electrons. The van der Waals surface area contributed by atoms with Gasteiger partial charge < -0.3 is 10.6 Å². The van der Waals surface area contributed by atoms with E-state index in [0.717, 1.165) is 16.7 Å². The topological polar surface area (TPSA) is 46.3 Å². The molecule has 0 saturated carbocycles. The average molecular weight is 292 g/mol. The number of amides is 1. The van der Waals surface area contributed by atoms with Crippen molar-refractivity contribution in [1.82, 2.24) is 4.90 Å². The summed E-state index contributed by atoms with van der Waals surface area (Å²) in [5.41, 5.74) is 8.50. The number of nitrogens with zero attached hydrogens (tertiary/aromatic N) is 1. The lowest BCUT2D eigenvalue weighted by Gasteiger charge is -2.25. The Kier molecular flexibility index (Phi) is 6.14. The van der Waals surface area contributed by atoms with Gasteiger partial charge in [-0.3, -0.25) is 4.79 Å². The third-order valence-corrected chi connectivity index (χ3v) is 3.17. The number of carbonyl (C=O) groups is 1. The number of aryl methyl sites for hydroxylation is 2. The van der Waals surface area contributed by atoms with Crippen LogP contribution in [0.25, 0.3) is 0 Å². The summed E-state index contributed by atoms with van der Waals surface area (Å²) in [7, 11) is 0. The van der Waals surface area contributed by atoms with Crippen molar-refractivity contribution in [2.75, 3.05) is 13.1 Å². The summed E-state index contributed by atoms with van der Waals surface area (Å²) >= 11 is 4.91. The lowest BCUT2D eigenvalue weighted by molar-refractivity contribution is 0.0741. The third-order valence-electron chi connectivity index (χ3n) is 2.97. The van der Waals surface area contributed by atoms with Gasteiger partial charge >= 0.3 is 0 Å². The molecule has 1 aromatic carbocycles. The van der Waals surface area contributed by atoms with E-state index in [9.17, 15) is 4.79 Å². The van der Waals surface area contributed by atoms with Crippen LogP contribution < -0.4 is 5.73 Å². The molecule has 0 atom stereocenters. The van der Waals surface area contributed by atoms with Crippen molar-refractivity contribution in [2.45, 2.75) is 34.1 Å². The van der Waals surface area contributed by atoms with Crippen LogP contribution >= 0.6 is 12.2 Å². The number of hydrogen-bond donors (Lipinski definition) is 1. The molecule has 0 heterocycles. The Balaban J connectivity index is 2.93. The Labute approximate surface area is 127 Å². The number of hydrogen-bond acceptors (Lipinski definition) is 2. The van der Waals surface area contributed by atoms with Crippen molar-refractivity contribution in [2.24, 2.45) is 11.7 Å². The van der Waals surface area contributed by atoms with Gasteiger partial charge in [0.2, 0.25) is 0 Å². The molecule has 1 rings (SSSR count). The van der Waals surface area contributed by atoms with Crippen molar-refractivity contribution in [3.05, 3.63) is 34.9 Å². The Hall–Kier alpha value is -1.42. The highest BCUT2D eigenvalue weighted by molar-refractivity contribution is 7.80. The van der Waals surface area contributed by atoms with Crippen molar-refractivity contribution in [1.29, 1.82) is 0 Å². The molecule has 0 bridgehead atoms. The zero-order valence-corrected chi connectivity index (χ0v) is 13.6. The number of rotatable bonds is 6. The maximum absolute atomic E-state index is 12.6. The smallest absolute Gasteiger partial charge is 0.253 e. The van der Waals surface area contributed by atoms with Gasteiger partial charge in [0.1, 0.15) is 0 Å². The molecule has 0 aliphatic carbocycles. The van der Waals surface area contributed by atoms with Crippen molar-refractivity contribution < 1.29 is 4.79 Å². The van der Waals surface area contributed by atoms with Crippen LogP contribution in [0, 0.1) is 19.8 Å². The Morgan fingerprint density at radius 2 is 1.80 bits per heavy atom. The molecule has 0 unspecified atom stereocenters. The largest absolute Gasteiger partial charge is 0.393 e. The molecule has 1 aromatic rings. The first-order valence-electron chi connectivity index (χ1n) is 6.95. The van der Waals surface area contributed by atoms with E-state index in [1.165, 1.54) is 0 Å². The molecule has 0 fully saturated rings. The summed E-state index contributed by atoms with van der Waals surface area (Å²) in [4.78, 5) is 14.9. The van der Waals surface area contributed by atoms with Crippen LogP contribution in [0.5, 0.6) is 0 Å². The van der Waals surface area contributed by atoms with Gasteiger partial charge in [0.25, 0.3) is 5.91 Å². The fraction of sp³-hybridized carbons (Fsp3) is 0.500. The predicted octanol–water partition coefficient (Wildman–Crippen LogP) is 3.08. The van der Waals surface area contributed by atoms with E-state index in [4.69, 9.17) is 18.0 Å². The monoisotopic (exact) mass is 292 g/mol. The van der Waals surface area contributed by atoms with Gasteiger partial charge in [-0.2, -0.15) is 0 Å². The van der Waals surface area contributed by atoms with E-state index in [1.807, 2.05) is 30.9 Å². The predicted molar refractivity (Wildman–Crippen MR) is 88.1 cm³/mol. The van der Waals surface area contributed by atoms with Crippen molar-refractivity contribution >= 4 is 23.1 Å². The second-order valence-corrected chi connectivity index (χ2v) is 6.26. The molecule has 4 heteroatoms. The maximum atomic E-state index is 12.6. The minimum atomic E-state index is 0.0572.